The Morgan fingerprint density at radius 3 is 2.83 bits per heavy atom. The summed E-state index contributed by atoms with van der Waals surface area (Å²) in [5, 5.41) is 7.17. The number of amides is 1. The smallest absolute Gasteiger partial charge is 0.270 e. The van der Waals surface area contributed by atoms with Gasteiger partial charge in [-0.25, -0.2) is 0 Å². The number of carbonyl (C=O) groups is 1. The fraction of sp³-hybridized carbons (Fsp3) is 0.182. The summed E-state index contributed by atoms with van der Waals surface area (Å²) in [5.41, 5.74) is 2.19. The number of nitrogens with one attached hydrogen (secondary N) is 1. The lowest BCUT2D eigenvalue weighted by atomic mass is 10.1. The number of nitrogens with zero attached hydrogens (tertiary/aromatic N) is 2. The largest absolute Gasteiger partial charge is 0.481 e. The number of benzene rings is 2. The minimum atomic E-state index is -0.229. The summed E-state index contributed by atoms with van der Waals surface area (Å²) in [6.45, 7) is 0.649. The van der Waals surface area contributed by atoms with Gasteiger partial charge in [0.15, 0.2) is 11.5 Å². The van der Waals surface area contributed by atoms with Crippen LogP contribution in [-0.4, -0.2) is 35.6 Å². The molecule has 0 radical (unpaired) electrons. The van der Waals surface area contributed by atoms with Crippen LogP contribution in [0.15, 0.2) is 54.6 Å². The van der Waals surface area contributed by atoms with Crippen LogP contribution in [0.2, 0.25) is 0 Å². The predicted molar refractivity (Wildman–Crippen MR) is 107 cm³/mol. The maximum Gasteiger partial charge on any atom is 0.270 e. The van der Waals surface area contributed by atoms with Crippen LogP contribution in [0.1, 0.15) is 10.5 Å². The van der Waals surface area contributed by atoms with Crippen LogP contribution in [0, 0.1) is 11.8 Å². The van der Waals surface area contributed by atoms with Gasteiger partial charge in [-0.2, -0.15) is 5.10 Å². The van der Waals surface area contributed by atoms with E-state index >= 15 is 0 Å². The maximum atomic E-state index is 12.4. The van der Waals surface area contributed by atoms with E-state index in [1.54, 1.807) is 36.0 Å². The van der Waals surface area contributed by atoms with Crippen molar-refractivity contribution in [2.24, 2.45) is 7.05 Å². The molecule has 7 nitrogen and oxygen atoms in total. The summed E-state index contributed by atoms with van der Waals surface area (Å²) < 4.78 is 17.7. The molecule has 1 amide bonds. The molecule has 1 aliphatic rings. The number of aromatic nitrogens is 2. The van der Waals surface area contributed by atoms with Crippen molar-refractivity contribution >= 4 is 5.91 Å². The minimum absolute atomic E-state index is 0.208. The van der Waals surface area contributed by atoms with E-state index in [9.17, 15) is 4.79 Å². The van der Waals surface area contributed by atoms with Gasteiger partial charge in [0.25, 0.3) is 5.91 Å². The van der Waals surface area contributed by atoms with E-state index in [4.69, 9.17) is 14.2 Å². The normalized spacial score (nSPS) is 11.5. The van der Waals surface area contributed by atoms with Crippen molar-refractivity contribution in [2.75, 3.05) is 19.9 Å². The molecule has 0 saturated carbocycles. The zero-order chi connectivity index (χ0) is 20.1. The molecule has 2 heterocycles. The average Bonchev–Trinajstić information content (AvgIpc) is 3.37. The Kier molecular flexibility index (Phi) is 5.34. The Hall–Kier alpha value is -3.92. The molecular weight excluding hydrogens is 370 g/mol. The monoisotopic (exact) mass is 389 g/mol. The molecule has 7 heteroatoms. The van der Waals surface area contributed by atoms with Crippen molar-refractivity contribution in [2.45, 2.75) is 0 Å². The highest BCUT2D eigenvalue weighted by molar-refractivity contribution is 5.93. The molecule has 29 heavy (non-hydrogen) atoms. The molecule has 0 atom stereocenters. The Morgan fingerprint density at radius 1 is 1.14 bits per heavy atom. The molecule has 0 aliphatic carbocycles. The van der Waals surface area contributed by atoms with E-state index in [0.29, 0.717) is 22.9 Å². The topological polar surface area (TPSA) is 74.6 Å². The summed E-state index contributed by atoms with van der Waals surface area (Å²) in [6.07, 6.45) is 0. The fourth-order valence-electron chi connectivity index (χ4n) is 2.84. The third kappa shape index (κ3) is 4.33. The van der Waals surface area contributed by atoms with E-state index in [-0.39, 0.29) is 25.9 Å². The molecule has 0 spiro atoms. The number of carbonyl (C=O) groups excluding carboxylic acids is 1. The molecule has 1 aromatic heterocycles. The zero-order valence-electron chi connectivity index (χ0n) is 15.8. The number of hydrogen-bond donors (Lipinski definition) is 1. The van der Waals surface area contributed by atoms with Crippen molar-refractivity contribution in [3.8, 4) is 40.3 Å². The van der Waals surface area contributed by atoms with Gasteiger partial charge < -0.3 is 19.5 Å². The first-order chi connectivity index (χ1) is 14.2. The first kappa shape index (κ1) is 18.4. The summed E-state index contributed by atoms with van der Waals surface area (Å²) in [4.78, 5) is 12.4. The van der Waals surface area contributed by atoms with Gasteiger partial charge in [0.05, 0.1) is 12.2 Å². The summed E-state index contributed by atoms with van der Waals surface area (Å²) in [7, 11) is 1.74. The Bertz CT molecular complexity index is 1080. The van der Waals surface area contributed by atoms with E-state index in [2.05, 4.69) is 22.3 Å². The van der Waals surface area contributed by atoms with Crippen LogP contribution in [0.4, 0.5) is 0 Å². The van der Waals surface area contributed by atoms with E-state index in [1.165, 1.54) is 0 Å². The molecular formula is C22H19N3O4. The summed E-state index contributed by atoms with van der Waals surface area (Å²) in [5.74, 6) is 7.53. The number of aryl methyl sites for hydroxylation is 1. The van der Waals surface area contributed by atoms with E-state index in [1.807, 2.05) is 30.3 Å². The lowest BCUT2D eigenvalue weighted by Crippen LogP contribution is -2.25. The molecule has 1 aliphatic heterocycles. The Balaban J connectivity index is 1.27. The second kappa shape index (κ2) is 8.40. The van der Waals surface area contributed by atoms with Crippen LogP contribution in [0.3, 0.4) is 0 Å². The standard InChI is InChI=1S/C22H19N3O4/c1-25-19(14-18(24-25)16-7-3-2-4-8-16)22(26)23-11-5-6-12-27-17-9-10-20-21(13-17)29-15-28-20/h2-4,7-10,13-14H,11-12,15H2,1H3,(H,23,26). The summed E-state index contributed by atoms with van der Waals surface area (Å²) >= 11 is 0. The van der Waals surface area contributed by atoms with E-state index in [0.717, 1.165) is 11.3 Å². The molecule has 3 aromatic rings. The van der Waals surface area contributed by atoms with Crippen LogP contribution >= 0.6 is 0 Å². The van der Waals surface area contributed by atoms with Gasteiger partial charge in [-0.05, 0) is 18.2 Å². The van der Waals surface area contributed by atoms with Gasteiger partial charge in [0.1, 0.15) is 18.1 Å². The predicted octanol–water partition coefficient (Wildman–Crippen LogP) is 2.63. The van der Waals surface area contributed by atoms with Crippen LogP contribution < -0.4 is 19.5 Å². The molecule has 0 saturated heterocycles. The van der Waals surface area contributed by atoms with E-state index < -0.39 is 0 Å². The highest BCUT2D eigenvalue weighted by Crippen LogP contribution is 2.34. The maximum absolute atomic E-state index is 12.4. The highest BCUT2D eigenvalue weighted by atomic mass is 16.7. The van der Waals surface area contributed by atoms with Crippen molar-refractivity contribution in [1.82, 2.24) is 15.1 Å². The number of ether oxygens (including phenoxy) is 3. The first-order valence-electron chi connectivity index (χ1n) is 9.06. The van der Waals surface area contributed by atoms with Gasteiger partial charge in [0.2, 0.25) is 6.79 Å². The van der Waals surface area contributed by atoms with Crippen molar-refractivity contribution in [1.29, 1.82) is 0 Å². The van der Waals surface area contributed by atoms with Crippen LogP contribution in [0.5, 0.6) is 17.2 Å². The molecule has 0 bridgehead atoms. The van der Waals surface area contributed by atoms with Gasteiger partial charge in [-0.3, -0.25) is 9.48 Å². The molecule has 2 aromatic carbocycles. The lowest BCUT2D eigenvalue weighted by Gasteiger charge is -2.03. The van der Waals surface area contributed by atoms with Crippen molar-refractivity contribution in [3.63, 3.8) is 0 Å². The van der Waals surface area contributed by atoms with Crippen LogP contribution in [-0.2, 0) is 7.05 Å². The van der Waals surface area contributed by atoms with Gasteiger partial charge >= 0.3 is 0 Å². The van der Waals surface area contributed by atoms with Gasteiger partial charge in [-0.15, -0.1) is 0 Å². The number of fused-ring (bicyclic) bond motifs is 1. The molecule has 0 fully saturated rings. The number of rotatable bonds is 5. The Labute approximate surface area is 168 Å². The molecule has 1 N–H and O–H groups in total. The lowest BCUT2D eigenvalue weighted by molar-refractivity contribution is 0.0949. The molecule has 0 unspecified atom stereocenters. The third-order valence-electron chi connectivity index (χ3n) is 4.30. The second-order valence-electron chi connectivity index (χ2n) is 6.24. The van der Waals surface area contributed by atoms with Crippen LogP contribution in [0.25, 0.3) is 11.3 Å². The molecule has 146 valence electrons. The SMILES string of the molecule is Cn1nc(-c2ccccc2)cc1C(=O)NCC#CCOc1ccc2c(c1)OCO2. The third-order valence-corrected chi connectivity index (χ3v) is 4.30. The summed E-state index contributed by atoms with van der Waals surface area (Å²) in [6, 6.07) is 16.8. The quantitative estimate of drug-likeness (QED) is 0.679. The van der Waals surface area contributed by atoms with Crippen molar-refractivity contribution in [3.05, 3.63) is 60.3 Å². The van der Waals surface area contributed by atoms with Gasteiger partial charge in [0, 0.05) is 18.7 Å². The zero-order valence-corrected chi connectivity index (χ0v) is 15.8. The second-order valence-corrected chi connectivity index (χ2v) is 6.24. The minimum Gasteiger partial charge on any atom is -0.481 e. The number of hydrogen-bond acceptors (Lipinski definition) is 5. The average molecular weight is 389 g/mol. The first-order valence-corrected chi connectivity index (χ1v) is 9.06. The highest BCUT2D eigenvalue weighted by Gasteiger charge is 2.14. The van der Waals surface area contributed by atoms with Crippen molar-refractivity contribution < 1.29 is 19.0 Å². The van der Waals surface area contributed by atoms with Gasteiger partial charge in [-0.1, -0.05) is 42.2 Å². The Morgan fingerprint density at radius 2 is 1.97 bits per heavy atom. The fourth-order valence-corrected chi connectivity index (χ4v) is 2.84. The molecule has 4 rings (SSSR count).